The topological polar surface area (TPSA) is 42.0 Å². The number of amides is 1. The van der Waals surface area contributed by atoms with Crippen LogP contribution in [0.5, 0.6) is 0 Å². The molecule has 5 nitrogen and oxygen atoms in total. The van der Waals surface area contributed by atoms with Gasteiger partial charge < -0.3 is 14.2 Å². The molecule has 0 bridgehead atoms. The van der Waals surface area contributed by atoms with Gasteiger partial charge in [0.1, 0.15) is 0 Å². The van der Waals surface area contributed by atoms with Gasteiger partial charge in [0.25, 0.3) is 0 Å². The molecule has 0 N–H and O–H groups in total. The van der Waals surface area contributed by atoms with Crippen LogP contribution in [0.4, 0.5) is 0 Å². The normalized spacial score (nSPS) is 21.2. The number of carbonyl (C=O) groups is 1. The van der Waals surface area contributed by atoms with E-state index in [0.717, 1.165) is 38.2 Å². The highest BCUT2D eigenvalue weighted by Crippen LogP contribution is 2.36. The Morgan fingerprint density at radius 3 is 1.86 bits per heavy atom. The molecule has 0 aromatic heterocycles. The summed E-state index contributed by atoms with van der Waals surface area (Å²) in [7, 11) is -0.307. The van der Waals surface area contributed by atoms with Crippen molar-refractivity contribution in [1.82, 2.24) is 9.80 Å². The van der Waals surface area contributed by atoms with E-state index in [9.17, 15) is 4.79 Å². The zero-order chi connectivity index (χ0) is 20.9. The molecule has 2 aliphatic rings. The SMILES string of the molecule is CC(=O)N1CCN(Cc2ccc(B3OC(C)(C)C(C)(C)O3)cc2)CC1.CCC. The molecule has 0 radical (unpaired) electrons. The lowest BCUT2D eigenvalue weighted by Crippen LogP contribution is -2.47. The highest BCUT2D eigenvalue weighted by Gasteiger charge is 2.51. The maximum atomic E-state index is 11.4. The van der Waals surface area contributed by atoms with Crippen molar-refractivity contribution in [2.75, 3.05) is 26.2 Å². The molecule has 0 aliphatic carbocycles. The van der Waals surface area contributed by atoms with Crippen molar-refractivity contribution >= 4 is 18.5 Å². The Hall–Kier alpha value is -1.37. The summed E-state index contributed by atoms with van der Waals surface area (Å²) in [6, 6.07) is 8.50. The van der Waals surface area contributed by atoms with Crippen molar-refractivity contribution in [2.24, 2.45) is 0 Å². The van der Waals surface area contributed by atoms with Crippen LogP contribution < -0.4 is 5.46 Å². The van der Waals surface area contributed by atoms with Crippen LogP contribution in [0, 0.1) is 0 Å². The first-order valence-corrected chi connectivity index (χ1v) is 10.5. The Morgan fingerprint density at radius 2 is 1.43 bits per heavy atom. The van der Waals surface area contributed by atoms with Gasteiger partial charge in [-0.05, 0) is 38.7 Å². The quantitative estimate of drug-likeness (QED) is 0.747. The van der Waals surface area contributed by atoms with Gasteiger partial charge in [-0.25, -0.2) is 0 Å². The molecule has 0 spiro atoms. The zero-order valence-corrected chi connectivity index (χ0v) is 18.7. The number of piperazine rings is 1. The van der Waals surface area contributed by atoms with Crippen molar-refractivity contribution in [3.05, 3.63) is 29.8 Å². The molecule has 6 heteroatoms. The van der Waals surface area contributed by atoms with E-state index in [1.54, 1.807) is 6.92 Å². The molecule has 0 saturated carbocycles. The van der Waals surface area contributed by atoms with Crippen LogP contribution in [0.2, 0.25) is 0 Å². The summed E-state index contributed by atoms with van der Waals surface area (Å²) in [6.07, 6.45) is 1.25. The minimum Gasteiger partial charge on any atom is -0.399 e. The summed E-state index contributed by atoms with van der Waals surface area (Å²) in [5.41, 5.74) is 1.71. The molecule has 2 aliphatic heterocycles. The predicted octanol–water partition coefficient (Wildman–Crippen LogP) is 3.07. The Kier molecular flexibility index (Phi) is 7.71. The monoisotopic (exact) mass is 388 g/mol. The zero-order valence-electron chi connectivity index (χ0n) is 18.7. The number of nitrogens with zero attached hydrogens (tertiary/aromatic N) is 2. The van der Waals surface area contributed by atoms with Gasteiger partial charge in [0.05, 0.1) is 11.2 Å². The van der Waals surface area contributed by atoms with E-state index in [4.69, 9.17) is 9.31 Å². The molecule has 0 atom stereocenters. The molecule has 0 unspecified atom stereocenters. The summed E-state index contributed by atoms with van der Waals surface area (Å²) in [5, 5.41) is 0. The standard InChI is InChI=1S/C19H29BN2O3.C3H8/c1-15(23)22-12-10-21(11-13-22)14-16-6-8-17(9-7-16)20-24-18(2,3)19(4,5)25-20;1-3-2/h6-9H,10-14H2,1-5H3;3H2,1-2H3. The van der Waals surface area contributed by atoms with Crippen molar-refractivity contribution < 1.29 is 14.1 Å². The average molecular weight is 388 g/mol. The Balaban J connectivity index is 0.000000878. The lowest BCUT2D eigenvalue weighted by molar-refractivity contribution is -0.130. The second kappa shape index (κ2) is 9.42. The molecule has 2 heterocycles. The van der Waals surface area contributed by atoms with Crippen LogP contribution >= 0.6 is 0 Å². The van der Waals surface area contributed by atoms with Gasteiger partial charge in [0.15, 0.2) is 0 Å². The first-order valence-electron chi connectivity index (χ1n) is 10.5. The van der Waals surface area contributed by atoms with Crippen LogP contribution in [0.15, 0.2) is 24.3 Å². The van der Waals surface area contributed by atoms with Gasteiger partial charge >= 0.3 is 7.12 Å². The molecule has 2 saturated heterocycles. The third-order valence-corrected chi connectivity index (χ3v) is 5.73. The summed E-state index contributed by atoms with van der Waals surface area (Å²) in [4.78, 5) is 15.7. The number of hydrogen-bond donors (Lipinski definition) is 0. The lowest BCUT2D eigenvalue weighted by Gasteiger charge is -2.34. The van der Waals surface area contributed by atoms with E-state index in [1.165, 1.54) is 12.0 Å². The average Bonchev–Trinajstić information content (AvgIpc) is 2.84. The highest BCUT2D eigenvalue weighted by atomic mass is 16.7. The molecule has 1 aromatic rings. The molecular weight excluding hydrogens is 351 g/mol. The van der Waals surface area contributed by atoms with Crippen molar-refractivity contribution in [3.63, 3.8) is 0 Å². The Labute approximate surface area is 171 Å². The predicted molar refractivity (Wildman–Crippen MR) is 116 cm³/mol. The third-order valence-electron chi connectivity index (χ3n) is 5.73. The van der Waals surface area contributed by atoms with Crippen LogP contribution in [-0.2, 0) is 20.6 Å². The number of hydrogen-bond acceptors (Lipinski definition) is 4. The fourth-order valence-corrected chi connectivity index (χ4v) is 3.24. The van der Waals surface area contributed by atoms with Crippen LogP contribution in [-0.4, -0.2) is 60.2 Å². The first-order chi connectivity index (χ1) is 13.1. The summed E-state index contributed by atoms with van der Waals surface area (Å²) < 4.78 is 12.2. The van der Waals surface area contributed by atoms with Gasteiger partial charge in [0, 0.05) is 39.6 Å². The van der Waals surface area contributed by atoms with Gasteiger partial charge in [-0.3, -0.25) is 9.69 Å². The van der Waals surface area contributed by atoms with Gasteiger partial charge in [0.2, 0.25) is 5.91 Å². The molecule has 2 fully saturated rings. The van der Waals surface area contributed by atoms with Gasteiger partial charge in [-0.1, -0.05) is 44.5 Å². The van der Waals surface area contributed by atoms with Crippen LogP contribution in [0.25, 0.3) is 0 Å². The van der Waals surface area contributed by atoms with E-state index >= 15 is 0 Å². The van der Waals surface area contributed by atoms with E-state index < -0.39 is 0 Å². The van der Waals surface area contributed by atoms with E-state index in [1.807, 2.05) is 4.90 Å². The third kappa shape index (κ3) is 5.59. The molecule has 28 heavy (non-hydrogen) atoms. The van der Waals surface area contributed by atoms with E-state index in [2.05, 4.69) is 70.7 Å². The van der Waals surface area contributed by atoms with Gasteiger partial charge in [-0.2, -0.15) is 0 Å². The molecule has 156 valence electrons. The maximum Gasteiger partial charge on any atom is 0.494 e. The van der Waals surface area contributed by atoms with Crippen molar-refractivity contribution in [3.8, 4) is 0 Å². The van der Waals surface area contributed by atoms with E-state index in [0.29, 0.717) is 0 Å². The maximum absolute atomic E-state index is 11.4. The fourth-order valence-electron chi connectivity index (χ4n) is 3.24. The Bertz CT molecular complexity index is 622. The summed E-state index contributed by atoms with van der Waals surface area (Å²) >= 11 is 0. The first kappa shape index (κ1) is 22.9. The number of carbonyl (C=O) groups excluding carboxylic acids is 1. The summed E-state index contributed by atoms with van der Waals surface area (Å²) in [6.45, 7) is 18.6. The van der Waals surface area contributed by atoms with Crippen molar-refractivity contribution in [1.29, 1.82) is 0 Å². The minimum atomic E-state index is -0.313. The smallest absolute Gasteiger partial charge is 0.399 e. The lowest BCUT2D eigenvalue weighted by atomic mass is 9.79. The number of benzene rings is 1. The second-order valence-corrected chi connectivity index (χ2v) is 8.82. The van der Waals surface area contributed by atoms with Crippen LogP contribution in [0.3, 0.4) is 0 Å². The van der Waals surface area contributed by atoms with Crippen LogP contribution in [0.1, 0.15) is 60.5 Å². The second-order valence-electron chi connectivity index (χ2n) is 8.82. The molecular formula is C22H37BN2O3. The number of rotatable bonds is 3. The molecule has 3 rings (SSSR count). The molecule has 1 aromatic carbocycles. The fraction of sp³-hybridized carbons (Fsp3) is 0.682. The highest BCUT2D eigenvalue weighted by molar-refractivity contribution is 6.62. The van der Waals surface area contributed by atoms with Crippen molar-refractivity contribution in [2.45, 2.75) is 72.6 Å². The van der Waals surface area contributed by atoms with E-state index in [-0.39, 0.29) is 24.2 Å². The minimum absolute atomic E-state index is 0.173. The summed E-state index contributed by atoms with van der Waals surface area (Å²) in [5.74, 6) is 0.173. The molecule has 1 amide bonds. The largest absolute Gasteiger partial charge is 0.494 e. The van der Waals surface area contributed by atoms with Gasteiger partial charge in [-0.15, -0.1) is 0 Å². The Morgan fingerprint density at radius 1 is 0.964 bits per heavy atom.